The van der Waals surface area contributed by atoms with Gasteiger partial charge < -0.3 is 0 Å². The number of benzene rings is 1. The molecular formula is C11H9BrFNS2. The summed E-state index contributed by atoms with van der Waals surface area (Å²) in [6.45, 7) is 1.96. The summed E-state index contributed by atoms with van der Waals surface area (Å²) < 4.78 is 15.3. The van der Waals surface area contributed by atoms with Crippen molar-refractivity contribution in [3.8, 4) is 0 Å². The molecule has 0 fully saturated rings. The molecule has 0 radical (unpaired) electrons. The number of hydrogen-bond acceptors (Lipinski definition) is 3. The third kappa shape index (κ3) is 3.06. The maximum absolute atomic E-state index is 13.5. The molecule has 84 valence electrons. The van der Waals surface area contributed by atoms with Gasteiger partial charge >= 0.3 is 0 Å². The van der Waals surface area contributed by atoms with Gasteiger partial charge in [-0.25, -0.2) is 9.37 Å². The van der Waals surface area contributed by atoms with Crippen molar-refractivity contribution in [2.75, 3.05) is 0 Å². The highest BCUT2D eigenvalue weighted by atomic mass is 79.9. The van der Waals surface area contributed by atoms with Crippen LogP contribution >= 0.6 is 39.0 Å². The molecule has 1 aromatic carbocycles. The van der Waals surface area contributed by atoms with E-state index in [0.29, 0.717) is 11.3 Å². The molecule has 16 heavy (non-hydrogen) atoms. The Hall–Kier alpha value is -0.390. The van der Waals surface area contributed by atoms with Crippen LogP contribution in [-0.4, -0.2) is 4.98 Å². The Labute approximate surface area is 110 Å². The molecule has 0 spiro atoms. The van der Waals surface area contributed by atoms with E-state index in [1.165, 1.54) is 6.07 Å². The quantitative estimate of drug-likeness (QED) is 0.764. The summed E-state index contributed by atoms with van der Waals surface area (Å²) in [5, 5.41) is 2.00. The summed E-state index contributed by atoms with van der Waals surface area (Å²) >= 11 is 6.40. The van der Waals surface area contributed by atoms with E-state index in [-0.39, 0.29) is 5.82 Å². The fraction of sp³-hybridized carbons (Fsp3) is 0.182. The second-order valence-corrected chi connectivity index (χ2v) is 6.28. The lowest BCUT2D eigenvalue weighted by atomic mass is 10.2. The van der Waals surface area contributed by atoms with Crippen LogP contribution in [0.5, 0.6) is 0 Å². The first kappa shape index (κ1) is 12.1. The van der Waals surface area contributed by atoms with Crippen LogP contribution < -0.4 is 0 Å². The molecule has 1 aromatic heterocycles. The topological polar surface area (TPSA) is 12.9 Å². The van der Waals surface area contributed by atoms with Crippen molar-refractivity contribution in [2.24, 2.45) is 0 Å². The maximum atomic E-state index is 13.5. The van der Waals surface area contributed by atoms with E-state index in [1.807, 2.05) is 18.4 Å². The van der Waals surface area contributed by atoms with Crippen molar-refractivity contribution in [3.63, 3.8) is 0 Å². The molecule has 5 heteroatoms. The third-order valence-corrected chi connectivity index (χ3v) is 4.65. The molecule has 0 atom stereocenters. The first-order chi connectivity index (χ1) is 7.65. The Balaban J connectivity index is 2.04. The molecule has 0 N–H and O–H groups in total. The highest BCUT2D eigenvalue weighted by Gasteiger charge is 2.05. The molecule has 0 unspecified atom stereocenters. The molecule has 1 heterocycles. The highest BCUT2D eigenvalue weighted by molar-refractivity contribution is 9.10. The molecule has 0 bridgehead atoms. The molecule has 0 aliphatic rings. The number of halogens is 2. The fourth-order valence-corrected chi connectivity index (χ4v) is 3.35. The van der Waals surface area contributed by atoms with Gasteiger partial charge in [-0.2, -0.15) is 0 Å². The van der Waals surface area contributed by atoms with Crippen LogP contribution in [0.15, 0.2) is 32.4 Å². The summed E-state index contributed by atoms with van der Waals surface area (Å²) in [4.78, 5) is 4.32. The SMILES string of the molecule is Cc1csc(SCc2ccc(Br)cc2F)n1. The lowest BCUT2D eigenvalue weighted by molar-refractivity contribution is 0.616. The Kier molecular flexibility index (Phi) is 4.00. The summed E-state index contributed by atoms with van der Waals surface area (Å²) in [6, 6.07) is 5.14. The summed E-state index contributed by atoms with van der Waals surface area (Å²) in [5.74, 6) is 0.446. The first-order valence-electron chi connectivity index (χ1n) is 4.64. The molecule has 0 aliphatic heterocycles. The number of hydrogen-bond donors (Lipinski definition) is 0. The van der Waals surface area contributed by atoms with Crippen LogP contribution in [0.1, 0.15) is 11.3 Å². The van der Waals surface area contributed by atoms with Gasteiger partial charge in [0.2, 0.25) is 0 Å². The van der Waals surface area contributed by atoms with Gasteiger partial charge in [0.05, 0.1) is 0 Å². The van der Waals surface area contributed by atoms with Crippen molar-refractivity contribution in [1.29, 1.82) is 0 Å². The van der Waals surface area contributed by atoms with Crippen molar-refractivity contribution in [1.82, 2.24) is 4.98 Å². The van der Waals surface area contributed by atoms with Crippen LogP contribution in [-0.2, 0) is 5.75 Å². The van der Waals surface area contributed by atoms with Gasteiger partial charge in [-0.05, 0) is 24.6 Å². The number of thiazole rings is 1. The molecular weight excluding hydrogens is 309 g/mol. The minimum Gasteiger partial charge on any atom is -0.235 e. The zero-order valence-corrected chi connectivity index (χ0v) is 11.8. The predicted molar refractivity (Wildman–Crippen MR) is 70.5 cm³/mol. The molecule has 0 saturated carbocycles. The van der Waals surface area contributed by atoms with E-state index >= 15 is 0 Å². The summed E-state index contributed by atoms with van der Waals surface area (Å²) in [6.07, 6.45) is 0. The van der Waals surface area contributed by atoms with Crippen LogP contribution in [0.25, 0.3) is 0 Å². The van der Waals surface area contributed by atoms with E-state index < -0.39 is 0 Å². The smallest absolute Gasteiger partial charge is 0.150 e. The molecule has 2 rings (SSSR count). The second-order valence-electron chi connectivity index (χ2n) is 3.28. The van der Waals surface area contributed by atoms with E-state index in [1.54, 1.807) is 29.2 Å². The van der Waals surface area contributed by atoms with Crippen molar-refractivity contribution in [3.05, 3.63) is 45.1 Å². The number of thioether (sulfide) groups is 1. The van der Waals surface area contributed by atoms with Gasteiger partial charge in [0.15, 0.2) is 0 Å². The lowest BCUT2D eigenvalue weighted by Crippen LogP contribution is -1.87. The van der Waals surface area contributed by atoms with Crippen molar-refractivity contribution < 1.29 is 4.39 Å². The normalized spacial score (nSPS) is 10.7. The third-order valence-electron chi connectivity index (χ3n) is 1.96. The monoisotopic (exact) mass is 317 g/mol. The predicted octanol–water partition coefficient (Wildman–Crippen LogP) is 4.65. The van der Waals surface area contributed by atoms with Crippen LogP contribution in [0.4, 0.5) is 4.39 Å². The molecule has 0 saturated heterocycles. The van der Waals surface area contributed by atoms with Crippen LogP contribution in [0, 0.1) is 12.7 Å². The molecule has 0 aliphatic carbocycles. The Bertz CT molecular complexity index is 498. The minimum atomic E-state index is -0.171. The average Bonchev–Trinajstić information content (AvgIpc) is 2.63. The summed E-state index contributed by atoms with van der Waals surface area (Å²) in [5.41, 5.74) is 1.73. The molecule has 0 amide bonds. The highest BCUT2D eigenvalue weighted by Crippen LogP contribution is 2.27. The molecule has 2 aromatic rings. The Morgan fingerprint density at radius 3 is 2.94 bits per heavy atom. The summed E-state index contributed by atoms with van der Waals surface area (Å²) in [7, 11) is 0. The zero-order valence-electron chi connectivity index (χ0n) is 8.54. The van der Waals surface area contributed by atoms with Gasteiger partial charge in [0.25, 0.3) is 0 Å². The van der Waals surface area contributed by atoms with E-state index in [4.69, 9.17) is 0 Å². The number of aromatic nitrogens is 1. The standard InChI is InChI=1S/C11H9BrFNS2/c1-7-5-15-11(14-7)16-6-8-2-3-9(12)4-10(8)13/h2-5H,6H2,1H3. The molecule has 1 nitrogen and oxygen atoms in total. The maximum Gasteiger partial charge on any atom is 0.150 e. The Morgan fingerprint density at radius 1 is 1.50 bits per heavy atom. The van der Waals surface area contributed by atoms with Gasteiger partial charge in [0.1, 0.15) is 10.2 Å². The fourth-order valence-electron chi connectivity index (χ4n) is 1.18. The van der Waals surface area contributed by atoms with Gasteiger partial charge in [-0.15, -0.1) is 11.3 Å². The second kappa shape index (κ2) is 5.29. The Morgan fingerprint density at radius 2 is 2.31 bits per heavy atom. The van der Waals surface area contributed by atoms with Gasteiger partial charge in [-0.1, -0.05) is 33.8 Å². The van der Waals surface area contributed by atoms with Gasteiger partial charge in [0, 0.05) is 21.3 Å². The number of rotatable bonds is 3. The van der Waals surface area contributed by atoms with E-state index in [2.05, 4.69) is 20.9 Å². The average molecular weight is 318 g/mol. The van der Waals surface area contributed by atoms with Crippen molar-refractivity contribution >= 4 is 39.0 Å². The van der Waals surface area contributed by atoms with E-state index in [0.717, 1.165) is 14.5 Å². The largest absolute Gasteiger partial charge is 0.235 e. The van der Waals surface area contributed by atoms with Gasteiger partial charge in [-0.3, -0.25) is 0 Å². The van der Waals surface area contributed by atoms with Crippen LogP contribution in [0.3, 0.4) is 0 Å². The number of nitrogens with zero attached hydrogens (tertiary/aromatic N) is 1. The zero-order chi connectivity index (χ0) is 11.5. The lowest BCUT2D eigenvalue weighted by Gasteiger charge is -2.01. The first-order valence-corrected chi connectivity index (χ1v) is 7.30. The van der Waals surface area contributed by atoms with E-state index in [9.17, 15) is 4.39 Å². The van der Waals surface area contributed by atoms with Crippen LogP contribution in [0.2, 0.25) is 0 Å². The minimum absolute atomic E-state index is 0.171. The number of aryl methyl sites for hydroxylation is 1. The van der Waals surface area contributed by atoms with Crippen molar-refractivity contribution in [2.45, 2.75) is 17.0 Å².